The van der Waals surface area contributed by atoms with Crippen molar-refractivity contribution in [1.29, 1.82) is 0 Å². The molecule has 242 valence electrons. The van der Waals surface area contributed by atoms with Crippen LogP contribution in [0.4, 0.5) is 23.2 Å². The van der Waals surface area contributed by atoms with Gasteiger partial charge in [0.15, 0.2) is 0 Å². The zero-order valence-corrected chi connectivity index (χ0v) is 26.1. The Labute approximate surface area is 271 Å². The first kappa shape index (κ1) is 34.6. The topological polar surface area (TPSA) is 130 Å². The zero-order chi connectivity index (χ0) is 34.0. The summed E-state index contributed by atoms with van der Waals surface area (Å²) in [6.07, 6.45) is 0.803. The van der Waals surface area contributed by atoms with Crippen molar-refractivity contribution in [3.8, 4) is 17.0 Å². The minimum Gasteiger partial charge on any atom is -0.495 e. The molecule has 0 bridgehead atoms. The van der Waals surface area contributed by atoms with E-state index in [2.05, 4.69) is 15.3 Å². The second-order valence-corrected chi connectivity index (χ2v) is 11.5. The van der Waals surface area contributed by atoms with Crippen molar-refractivity contribution in [3.05, 3.63) is 110 Å². The van der Waals surface area contributed by atoms with E-state index in [4.69, 9.17) is 33.7 Å². The molecule has 5 N–H and O–H groups in total. The van der Waals surface area contributed by atoms with E-state index in [0.29, 0.717) is 6.07 Å². The number of benzene rings is 3. The molecule has 8 nitrogen and oxygen atoms in total. The average molecular weight is 679 g/mol. The second kappa shape index (κ2) is 13.6. The van der Waals surface area contributed by atoms with Gasteiger partial charge in [-0.25, -0.2) is 18.8 Å². The number of anilines is 1. The second-order valence-electron chi connectivity index (χ2n) is 10.7. The Kier molecular flexibility index (Phi) is 10.3. The summed E-state index contributed by atoms with van der Waals surface area (Å²) in [5, 5.41) is 25.3. The van der Waals surface area contributed by atoms with Gasteiger partial charge >= 0.3 is 6.55 Å². The first-order chi connectivity index (χ1) is 21.6. The van der Waals surface area contributed by atoms with Crippen LogP contribution in [0, 0.1) is 11.6 Å². The van der Waals surface area contributed by atoms with Crippen LogP contribution in [0.1, 0.15) is 46.6 Å². The fourth-order valence-corrected chi connectivity index (χ4v) is 5.22. The van der Waals surface area contributed by atoms with Gasteiger partial charge in [0.2, 0.25) is 0 Å². The number of hydrogen-bond donors (Lipinski definition) is 4. The molecular weight excluding hydrogens is 651 g/mol. The lowest BCUT2D eigenvalue weighted by atomic mass is 9.86. The summed E-state index contributed by atoms with van der Waals surface area (Å²) in [5.74, 6) is -2.84. The normalized spacial score (nSPS) is 13.2. The number of alkyl halides is 2. The molecule has 0 aliphatic carbocycles. The Morgan fingerprint density at radius 1 is 1.09 bits per heavy atom. The number of nitrogens with zero attached hydrogens (tertiary/aromatic N) is 2. The van der Waals surface area contributed by atoms with E-state index in [1.165, 1.54) is 39.2 Å². The molecule has 3 aromatic carbocycles. The number of hydrogen-bond acceptors (Lipinski definition) is 7. The number of aromatic nitrogens is 1. The van der Waals surface area contributed by atoms with Crippen LogP contribution in [0.5, 0.6) is 5.75 Å². The van der Waals surface area contributed by atoms with E-state index in [1.54, 1.807) is 30.3 Å². The van der Waals surface area contributed by atoms with Gasteiger partial charge in [0, 0.05) is 34.5 Å². The third kappa shape index (κ3) is 7.26. The van der Waals surface area contributed by atoms with Crippen LogP contribution in [0.2, 0.25) is 10.0 Å². The lowest BCUT2D eigenvalue weighted by Gasteiger charge is -2.31. The Hall–Kier alpha value is -4.23. The van der Waals surface area contributed by atoms with Crippen LogP contribution in [0.25, 0.3) is 11.3 Å². The Bertz CT molecular complexity index is 1800. The van der Waals surface area contributed by atoms with Crippen molar-refractivity contribution in [2.75, 3.05) is 19.4 Å². The molecule has 4 aromatic rings. The molecule has 0 spiro atoms. The minimum atomic E-state index is -3.02. The number of pyridine rings is 1. The van der Waals surface area contributed by atoms with Crippen molar-refractivity contribution < 1.29 is 37.3 Å². The molecule has 0 aliphatic heterocycles. The highest BCUT2D eigenvalue weighted by molar-refractivity contribution is 6.34. The van der Waals surface area contributed by atoms with Crippen molar-refractivity contribution in [2.24, 2.45) is 4.99 Å². The van der Waals surface area contributed by atoms with E-state index in [9.17, 15) is 28.2 Å². The predicted molar refractivity (Wildman–Crippen MR) is 168 cm³/mol. The predicted octanol–water partition coefficient (Wildman–Crippen LogP) is 6.46. The van der Waals surface area contributed by atoms with Crippen molar-refractivity contribution in [2.45, 2.75) is 31.6 Å². The molecule has 0 saturated heterocycles. The van der Waals surface area contributed by atoms with Gasteiger partial charge in [-0.15, -0.1) is 0 Å². The summed E-state index contributed by atoms with van der Waals surface area (Å²) >= 11 is 12.6. The molecule has 0 unspecified atom stereocenters. The van der Waals surface area contributed by atoms with Gasteiger partial charge in [-0.05, 0) is 43.7 Å². The van der Waals surface area contributed by atoms with Crippen LogP contribution in [0.15, 0.2) is 65.7 Å². The average Bonchev–Trinajstić information content (AvgIpc) is 3.01. The molecule has 1 atom stereocenters. The molecule has 1 amide bonds. The Balaban J connectivity index is 1.87. The molecular formula is C32H28Cl2F4N4O4. The first-order valence-corrected chi connectivity index (χ1v) is 14.3. The van der Waals surface area contributed by atoms with Gasteiger partial charge in [0.05, 0.1) is 46.4 Å². The molecule has 0 radical (unpaired) electrons. The summed E-state index contributed by atoms with van der Waals surface area (Å²) in [6, 6.07) is 13.3. The van der Waals surface area contributed by atoms with Gasteiger partial charge in [-0.3, -0.25) is 4.79 Å². The van der Waals surface area contributed by atoms with E-state index in [0.717, 1.165) is 12.3 Å². The minimum absolute atomic E-state index is 0.0121. The number of halogens is 6. The summed E-state index contributed by atoms with van der Waals surface area (Å²) in [4.78, 5) is 20.9. The number of amides is 1. The highest BCUT2D eigenvalue weighted by Gasteiger charge is 2.37. The Morgan fingerprint density at radius 2 is 1.76 bits per heavy atom. The van der Waals surface area contributed by atoms with Gasteiger partial charge in [-0.1, -0.05) is 53.5 Å². The number of aliphatic hydroxyl groups is 2. The molecule has 0 saturated carbocycles. The number of methoxy groups -OCH3 is 1. The van der Waals surface area contributed by atoms with Gasteiger partial charge in [0.25, 0.3) is 5.91 Å². The molecule has 4 rings (SSSR count). The van der Waals surface area contributed by atoms with Crippen molar-refractivity contribution >= 4 is 41.0 Å². The first-order valence-electron chi connectivity index (χ1n) is 13.5. The maximum Gasteiger partial charge on any atom is 0.331 e. The third-order valence-corrected chi connectivity index (χ3v) is 7.72. The number of carbonyl (C=O) groups excluding carboxylic acids is 1. The van der Waals surface area contributed by atoms with Gasteiger partial charge < -0.3 is 26.0 Å². The Morgan fingerprint density at radius 3 is 2.37 bits per heavy atom. The van der Waals surface area contributed by atoms with E-state index in [-0.39, 0.29) is 55.7 Å². The number of nitrogens with two attached hydrogens (primary N) is 1. The van der Waals surface area contributed by atoms with Crippen LogP contribution in [-0.2, 0) is 11.2 Å². The monoisotopic (exact) mass is 678 g/mol. The van der Waals surface area contributed by atoms with Crippen LogP contribution < -0.4 is 15.8 Å². The van der Waals surface area contributed by atoms with E-state index in [1.807, 2.05) is 0 Å². The molecule has 1 heterocycles. The molecule has 0 fully saturated rings. The fourth-order valence-electron chi connectivity index (χ4n) is 4.63. The highest BCUT2D eigenvalue weighted by atomic mass is 35.5. The molecule has 0 aliphatic rings. The number of nitrogens with one attached hydrogen (secondary N) is 1. The molecule has 1 aromatic heterocycles. The largest absolute Gasteiger partial charge is 0.495 e. The number of carbonyl (C=O) groups is 1. The number of nitrogen functional groups attached to an aromatic ring is 1. The summed E-state index contributed by atoms with van der Waals surface area (Å²) in [5.41, 5.74) is 1.58. The van der Waals surface area contributed by atoms with E-state index < -0.39 is 46.9 Å². The number of ether oxygens (including phenoxy) is 1. The summed E-state index contributed by atoms with van der Waals surface area (Å²) in [6.45, 7) is -0.756. The van der Waals surface area contributed by atoms with Crippen LogP contribution in [-0.4, -0.2) is 47.5 Å². The molecule has 14 heteroatoms. The van der Waals surface area contributed by atoms with Gasteiger partial charge in [-0.2, -0.15) is 8.78 Å². The maximum absolute atomic E-state index is 15.1. The SMILES string of the molecule is COc1cc(C(=O)NC[C@@](O)(c2ccccc2)c2cc(C(C)(C)O)c(Cl)c(-c3cc(Cl)c(F)cc3F)n2)cc(C=NC(F)F)c1N. The van der Waals surface area contributed by atoms with Crippen molar-refractivity contribution in [1.82, 2.24) is 10.3 Å². The van der Waals surface area contributed by atoms with E-state index >= 15 is 4.39 Å². The standard InChI is InChI=1S/C32H28Cl2F4N4O4/c1-31(2,44)20-12-25(42-28(26(20)34)19-11-21(33)23(36)13-22(19)35)32(45,18-7-5-4-6-8-18)15-41-29(43)16-9-17(14-40-30(37)38)27(39)24(10-16)46-3/h4-14,30,44-45H,15,39H2,1-3H3,(H,41,43)/t32-/m1/s1. The van der Waals surface area contributed by atoms with Crippen LogP contribution in [0.3, 0.4) is 0 Å². The smallest absolute Gasteiger partial charge is 0.331 e. The summed E-state index contributed by atoms with van der Waals surface area (Å²) < 4.78 is 59.8. The number of aliphatic imine (C=N–C) groups is 1. The maximum atomic E-state index is 15.1. The third-order valence-electron chi connectivity index (χ3n) is 7.04. The zero-order valence-electron chi connectivity index (χ0n) is 24.6. The van der Waals surface area contributed by atoms with Crippen LogP contribution >= 0.6 is 23.2 Å². The summed E-state index contributed by atoms with van der Waals surface area (Å²) in [7, 11) is 1.27. The lowest BCUT2D eigenvalue weighted by Crippen LogP contribution is -2.42. The lowest BCUT2D eigenvalue weighted by molar-refractivity contribution is 0.0639. The highest BCUT2D eigenvalue weighted by Crippen LogP contribution is 2.41. The van der Waals surface area contributed by atoms with Gasteiger partial charge in [0.1, 0.15) is 23.0 Å². The molecule has 46 heavy (non-hydrogen) atoms. The quantitative estimate of drug-likeness (QED) is 0.0501. The van der Waals surface area contributed by atoms with Crippen molar-refractivity contribution in [3.63, 3.8) is 0 Å². The fraction of sp³-hybridized carbons (Fsp3) is 0.219. The number of rotatable bonds is 10.